The summed E-state index contributed by atoms with van der Waals surface area (Å²) in [6.07, 6.45) is 5.86. The van der Waals surface area contributed by atoms with Crippen molar-refractivity contribution in [2.75, 3.05) is 0 Å². The van der Waals surface area contributed by atoms with E-state index in [2.05, 4.69) is 147 Å². The lowest BCUT2D eigenvalue weighted by Gasteiger charge is -2.17. The van der Waals surface area contributed by atoms with E-state index in [1.165, 1.54) is 59.8 Å². The lowest BCUT2D eigenvalue weighted by atomic mass is 9.86. The average molecular weight is 560 g/mol. The van der Waals surface area contributed by atoms with E-state index in [0.717, 1.165) is 27.9 Å². The molecule has 0 aliphatic heterocycles. The fourth-order valence-electron chi connectivity index (χ4n) is 6.90. The number of nitrogens with zero attached hydrogens (tertiary/aromatic N) is 1. The fourth-order valence-corrected chi connectivity index (χ4v) is 6.90. The molecule has 1 heterocycles. The quantitative estimate of drug-likeness (QED) is 0.151. The molecule has 0 amide bonds. The lowest BCUT2D eigenvalue weighted by Crippen LogP contribution is -1.92. The van der Waals surface area contributed by atoms with E-state index in [9.17, 15) is 0 Å². The van der Waals surface area contributed by atoms with Crippen molar-refractivity contribution in [3.05, 3.63) is 164 Å². The van der Waals surface area contributed by atoms with E-state index in [-0.39, 0.29) is 0 Å². The maximum Gasteiger partial charge on any atom is 0.0708 e. The van der Waals surface area contributed by atoms with Gasteiger partial charge < -0.3 is 0 Å². The van der Waals surface area contributed by atoms with Crippen LogP contribution in [0.15, 0.2) is 153 Å². The van der Waals surface area contributed by atoms with Gasteiger partial charge in [-0.05, 0) is 77.0 Å². The minimum atomic E-state index is 0.958. The van der Waals surface area contributed by atoms with Crippen LogP contribution in [0.3, 0.4) is 0 Å². The Hall–Kier alpha value is -5.79. The molecule has 0 spiro atoms. The van der Waals surface area contributed by atoms with Crippen LogP contribution in [0.25, 0.3) is 88.8 Å². The Labute approximate surface area is 257 Å². The maximum absolute atomic E-state index is 5.08. The summed E-state index contributed by atoms with van der Waals surface area (Å²) >= 11 is 0. The van der Waals surface area contributed by atoms with Crippen LogP contribution in [0.4, 0.5) is 0 Å². The van der Waals surface area contributed by atoms with E-state index in [4.69, 9.17) is 4.98 Å². The SMILES string of the molecule is C=Cc1ccc2c(ccc3c(-c4ccc(-c5c6ccccc6c(-c6ccccc6)c6ccccc56)cn4)cccc32)c1C=C. The highest BCUT2D eigenvalue weighted by molar-refractivity contribution is 6.21. The van der Waals surface area contributed by atoms with Crippen LogP contribution in [0.1, 0.15) is 11.1 Å². The topological polar surface area (TPSA) is 12.9 Å². The summed E-state index contributed by atoms with van der Waals surface area (Å²) in [5.41, 5.74) is 9.12. The van der Waals surface area contributed by atoms with Gasteiger partial charge in [-0.15, -0.1) is 0 Å². The highest BCUT2D eigenvalue weighted by atomic mass is 14.7. The van der Waals surface area contributed by atoms with Gasteiger partial charge in [0.2, 0.25) is 0 Å². The van der Waals surface area contributed by atoms with Gasteiger partial charge in [0, 0.05) is 17.3 Å². The predicted molar refractivity (Wildman–Crippen MR) is 191 cm³/mol. The van der Waals surface area contributed by atoms with Gasteiger partial charge in [-0.25, -0.2) is 0 Å². The summed E-state index contributed by atoms with van der Waals surface area (Å²) in [5, 5.41) is 9.73. The van der Waals surface area contributed by atoms with Gasteiger partial charge in [0.25, 0.3) is 0 Å². The Kier molecular flexibility index (Phi) is 6.17. The van der Waals surface area contributed by atoms with Gasteiger partial charge in [0.05, 0.1) is 5.69 Å². The summed E-state index contributed by atoms with van der Waals surface area (Å²) in [4.78, 5) is 5.08. The number of hydrogen-bond acceptors (Lipinski definition) is 1. The van der Waals surface area contributed by atoms with Crippen molar-refractivity contribution < 1.29 is 0 Å². The number of fused-ring (bicyclic) bond motifs is 5. The minimum Gasteiger partial charge on any atom is -0.256 e. The van der Waals surface area contributed by atoms with Crippen molar-refractivity contribution in [3.63, 3.8) is 0 Å². The second-order valence-corrected chi connectivity index (χ2v) is 11.2. The highest BCUT2D eigenvalue weighted by Crippen LogP contribution is 2.44. The molecule has 0 radical (unpaired) electrons. The third kappa shape index (κ3) is 3.98. The van der Waals surface area contributed by atoms with Crippen LogP contribution in [0.5, 0.6) is 0 Å². The maximum atomic E-state index is 5.08. The molecule has 1 heteroatoms. The molecule has 0 saturated carbocycles. The molecule has 0 unspecified atom stereocenters. The first-order valence-electron chi connectivity index (χ1n) is 15.0. The van der Waals surface area contributed by atoms with Gasteiger partial charge in [-0.3, -0.25) is 4.98 Å². The van der Waals surface area contributed by atoms with Crippen LogP contribution in [-0.4, -0.2) is 4.98 Å². The van der Waals surface area contributed by atoms with E-state index in [0.29, 0.717) is 0 Å². The normalized spacial score (nSPS) is 11.4. The molecule has 1 nitrogen and oxygen atoms in total. The Morgan fingerprint density at radius 3 is 1.59 bits per heavy atom. The van der Waals surface area contributed by atoms with Crippen molar-refractivity contribution in [3.8, 4) is 33.5 Å². The molecule has 8 rings (SSSR count). The molecule has 0 aliphatic carbocycles. The zero-order valence-electron chi connectivity index (χ0n) is 24.3. The molecule has 0 N–H and O–H groups in total. The van der Waals surface area contributed by atoms with Crippen molar-refractivity contribution in [2.45, 2.75) is 0 Å². The molecular formula is C43H29N. The fraction of sp³-hybridized carbons (Fsp3) is 0. The van der Waals surface area contributed by atoms with Crippen LogP contribution < -0.4 is 0 Å². The molecule has 0 aliphatic rings. The highest BCUT2D eigenvalue weighted by Gasteiger charge is 2.17. The Bertz CT molecular complexity index is 2340. The summed E-state index contributed by atoms with van der Waals surface area (Å²) in [7, 11) is 0. The number of hydrogen-bond donors (Lipinski definition) is 0. The van der Waals surface area contributed by atoms with Crippen molar-refractivity contribution in [1.29, 1.82) is 0 Å². The first-order chi connectivity index (χ1) is 21.8. The molecule has 0 fully saturated rings. The molecule has 0 saturated heterocycles. The Balaban J connectivity index is 1.31. The second kappa shape index (κ2) is 10.5. The summed E-state index contributed by atoms with van der Waals surface area (Å²) in [6.45, 7) is 8.06. The Morgan fingerprint density at radius 1 is 0.409 bits per heavy atom. The third-order valence-corrected chi connectivity index (χ3v) is 8.88. The van der Waals surface area contributed by atoms with Gasteiger partial charge in [0.1, 0.15) is 0 Å². The zero-order chi connectivity index (χ0) is 29.6. The summed E-state index contributed by atoms with van der Waals surface area (Å²) < 4.78 is 0. The van der Waals surface area contributed by atoms with E-state index in [1.54, 1.807) is 0 Å². The first kappa shape index (κ1) is 25.9. The van der Waals surface area contributed by atoms with E-state index in [1.807, 2.05) is 18.3 Å². The predicted octanol–water partition coefficient (Wildman–Crippen LogP) is 12.0. The lowest BCUT2D eigenvalue weighted by molar-refractivity contribution is 1.34. The molecule has 7 aromatic carbocycles. The van der Waals surface area contributed by atoms with Gasteiger partial charge >= 0.3 is 0 Å². The Morgan fingerprint density at radius 2 is 0.977 bits per heavy atom. The molecule has 0 atom stereocenters. The zero-order valence-corrected chi connectivity index (χ0v) is 24.3. The van der Waals surface area contributed by atoms with Crippen molar-refractivity contribution in [1.82, 2.24) is 4.98 Å². The minimum absolute atomic E-state index is 0.958. The van der Waals surface area contributed by atoms with Crippen molar-refractivity contribution in [2.24, 2.45) is 0 Å². The van der Waals surface area contributed by atoms with E-state index >= 15 is 0 Å². The van der Waals surface area contributed by atoms with Crippen LogP contribution in [0, 0.1) is 0 Å². The molecule has 1 aromatic heterocycles. The van der Waals surface area contributed by atoms with Crippen molar-refractivity contribution >= 4 is 55.2 Å². The molecule has 44 heavy (non-hydrogen) atoms. The summed E-state index contributed by atoms with van der Waals surface area (Å²) in [6, 6.07) is 47.8. The van der Waals surface area contributed by atoms with Gasteiger partial charge in [-0.2, -0.15) is 0 Å². The smallest absolute Gasteiger partial charge is 0.0708 e. The number of aromatic nitrogens is 1. The van der Waals surface area contributed by atoms with E-state index < -0.39 is 0 Å². The molecule has 0 bridgehead atoms. The number of benzene rings is 7. The van der Waals surface area contributed by atoms with Gasteiger partial charge in [-0.1, -0.05) is 153 Å². The van der Waals surface area contributed by atoms with Crippen LogP contribution in [0.2, 0.25) is 0 Å². The number of pyridine rings is 1. The molecular weight excluding hydrogens is 530 g/mol. The van der Waals surface area contributed by atoms with Crippen LogP contribution in [-0.2, 0) is 0 Å². The molecule has 206 valence electrons. The monoisotopic (exact) mass is 559 g/mol. The largest absolute Gasteiger partial charge is 0.256 e. The average Bonchev–Trinajstić information content (AvgIpc) is 3.10. The standard InChI is InChI=1S/C43H29N/c1-3-28-21-23-34-32-19-12-20-36(35(32)25-24-33(34)31(28)4-2)41-26-22-30(27-44-41)43-39-17-10-8-15-37(39)42(29-13-6-5-7-14-29)38-16-9-11-18-40(38)43/h3-27H,1-2H2. The van der Waals surface area contributed by atoms with Gasteiger partial charge in [0.15, 0.2) is 0 Å². The summed E-state index contributed by atoms with van der Waals surface area (Å²) in [5.74, 6) is 0. The third-order valence-electron chi connectivity index (χ3n) is 8.88. The second-order valence-electron chi connectivity index (χ2n) is 11.2. The first-order valence-corrected chi connectivity index (χ1v) is 15.0. The van der Waals surface area contributed by atoms with Crippen LogP contribution >= 0.6 is 0 Å². The number of rotatable bonds is 5. The molecule has 8 aromatic rings.